The molecule has 3 heterocycles. The predicted octanol–water partition coefficient (Wildman–Crippen LogP) is 1.34. The predicted molar refractivity (Wildman–Crippen MR) is 102 cm³/mol. The zero-order valence-corrected chi connectivity index (χ0v) is 16.6. The molecule has 0 saturated carbocycles. The Hall–Kier alpha value is -1.81. The summed E-state index contributed by atoms with van der Waals surface area (Å²) in [6, 6.07) is 4.46. The molecular formula is C17H23ClN4O4S. The minimum atomic E-state index is -3.69. The Labute approximate surface area is 164 Å². The van der Waals surface area contributed by atoms with Crippen LogP contribution in [0.25, 0.3) is 0 Å². The van der Waals surface area contributed by atoms with Crippen LogP contribution in [0.4, 0.5) is 0 Å². The lowest BCUT2D eigenvalue weighted by molar-refractivity contribution is 0.258. The Morgan fingerprint density at radius 3 is 2.74 bits per heavy atom. The van der Waals surface area contributed by atoms with Gasteiger partial charge in [-0.3, -0.25) is 0 Å². The van der Waals surface area contributed by atoms with E-state index in [1.165, 1.54) is 4.31 Å². The minimum absolute atomic E-state index is 0. The lowest BCUT2D eigenvalue weighted by Gasteiger charge is -2.34. The van der Waals surface area contributed by atoms with Crippen LogP contribution in [-0.4, -0.2) is 55.1 Å². The number of aromatic nitrogens is 2. The van der Waals surface area contributed by atoms with Gasteiger partial charge in [-0.2, -0.15) is 4.31 Å². The number of rotatable bonds is 3. The van der Waals surface area contributed by atoms with Crippen molar-refractivity contribution in [3.8, 4) is 11.5 Å². The Kier molecular flexibility index (Phi) is 5.95. The van der Waals surface area contributed by atoms with Gasteiger partial charge in [0.25, 0.3) is 0 Å². The van der Waals surface area contributed by atoms with Crippen LogP contribution in [0, 0.1) is 0 Å². The zero-order chi connectivity index (χ0) is 18.1. The molecule has 0 bridgehead atoms. The van der Waals surface area contributed by atoms with Crippen molar-refractivity contribution >= 4 is 22.4 Å². The summed E-state index contributed by atoms with van der Waals surface area (Å²) in [5.74, 6) is 1.78. The summed E-state index contributed by atoms with van der Waals surface area (Å²) in [5.41, 5.74) is 0. The van der Waals surface area contributed by atoms with Gasteiger partial charge in [-0.05, 0) is 12.1 Å². The summed E-state index contributed by atoms with van der Waals surface area (Å²) in [5, 5.41) is 3.26. The van der Waals surface area contributed by atoms with Crippen LogP contribution in [0.2, 0.25) is 0 Å². The van der Waals surface area contributed by atoms with Crippen LogP contribution in [0.15, 0.2) is 35.5 Å². The van der Waals surface area contributed by atoms with Gasteiger partial charge in [-0.1, -0.05) is 0 Å². The molecule has 2 aliphatic heterocycles. The number of halogens is 1. The molecule has 2 aromatic rings. The van der Waals surface area contributed by atoms with Crippen LogP contribution in [0.3, 0.4) is 0 Å². The lowest BCUT2D eigenvalue weighted by Crippen LogP contribution is -2.49. The fourth-order valence-electron chi connectivity index (χ4n) is 3.33. The zero-order valence-electron chi connectivity index (χ0n) is 15.0. The number of aryl methyl sites for hydroxylation is 1. The van der Waals surface area contributed by atoms with E-state index in [9.17, 15) is 8.42 Å². The first kappa shape index (κ1) is 19.9. The van der Waals surface area contributed by atoms with Gasteiger partial charge in [-0.15, -0.1) is 12.4 Å². The maximum absolute atomic E-state index is 13.3. The molecule has 2 aliphatic rings. The molecule has 0 amide bonds. The molecule has 8 nitrogen and oxygen atoms in total. The third kappa shape index (κ3) is 3.77. The molecule has 1 unspecified atom stereocenters. The second kappa shape index (κ2) is 8.05. The number of hydrogen-bond donors (Lipinski definition) is 1. The molecule has 0 radical (unpaired) electrons. The van der Waals surface area contributed by atoms with E-state index in [-0.39, 0.29) is 23.3 Å². The summed E-state index contributed by atoms with van der Waals surface area (Å²) in [6.07, 6.45) is 4.28. The first-order valence-corrected chi connectivity index (χ1v) is 10.1. The molecule has 0 spiro atoms. The highest BCUT2D eigenvalue weighted by atomic mass is 35.5. The molecule has 1 atom stereocenters. The monoisotopic (exact) mass is 414 g/mol. The first-order chi connectivity index (χ1) is 12.6. The van der Waals surface area contributed by atoms with Crippen molar-refractivity contribution in [1.82, 2.24) is 19.2 Å². The normalized spacial score (nSPS) is 20.6. The lowest BCUT2D eigenvalue weighted by atomic mass is 10.2. The number of nitrogens with one attached hydrogen (secondary N) is 1. The van der Waals surface area contributed by atoms with Crippen molar-refractivity contribution < 1.29 is 17.9 Å². The topological polar surface area (TPSA) is 85.7 Å². The number of nitrogens with zero attached hydrogens (tertiary/aromatic N) is 3. The number of sulfonamides is 1. The van der Waals surface area contributed by atoms with Gasteiger partial charge in [0.15, 0.2) is 11.5 Å². The van der Waals surface area contributed by atoms with Gasteiger partial charge >= 0.3 is 0 Å². The number of piperazine rings is 1. The van der Waals surface area contributed by atoms with Crippen molar-refractivity contribution in [1.29, 1.82) is 0 Å². The van der Waals surface area contributed by atoms with E-state index in [0.717, 1.165) is 12.2 Å². The smallest absolute Gasteiger partial charge is 0.243 e. The fraction of sp³-hybridized carbons (Fsp3) is 0.471. The summed E-state index contributed by atoms with van der Waals surface area (Å²) in [6.45, 7) is 2.59. The number of benzene rings is 1. The largest absolute Gasteiger partial charge is 0.490 e. The summed E-state index contributed by atoms with van der Waals surface area (Å²) in [4.78, 5) is 4.56. The van der Waals surface area contributed by atoms with Gasteiger partial charge < -0.3 is 19.4 Å². The first-order valence-electron chi connectivity index (χ1n) is 8.67. The number of ether oxygens (including phenoxy) is 2. The van der Waals surface area contributed by atoms with E-state index in [4.69, 9.17) is 9.47 Å². The van der Waals surface area contributed by atoms with Crippen molar-refractivity contribution in [3.05, 3.63) is 36.4 Å². The molecule has 4 rings (SSSR count). The summed E-state index contributed by atoms with van der Waals surface area (Å²) >= 11 is 0. The van der Waals surface area contributed by atoms with Gasteiger partial charge in [-0.25, -0.2) is 13.4 Å². The molecule has 1 saturated heterocycles. The Morgan fingerprint density at radius 1 is 1.22 bits per heavy atom. The molecule has 148 valence electrons. The van der Waals surface area contributed by atoms with Crippen molar-refractivity contribution in [3.63, 3.8) is 0 Å². The molecule has 1 aromatic heterocycles. The van der Waals surface area contributed by atoms with Gasteiger partial charge in [0.05, 0.1) is 24.2 Å². The van der Waals surface area contributed by atoms with E-state index in [2.05, 4.69) is 10.3 Å². The number of hydrogen-bond acceptors (Lipinski definition) is 6. The molecule has 1 fully saturated rings. The van der Waals surface area contributed by atoms with Crippen LogP contribution in [-0.2, 0) is 17.1 Å². The fourth-order valence-corrected chi connectivity index (χ4v) is 4.93. The Bertz CT molecular complexity index is 902. The van der Waals surface area contributed by atoms with E-state index < -0.39 is 10.0 Å². The quantitative estimate of drug-likeness (QED) is 0.815. The summed E-state index contributed by atoms with van der Waals surface area (Å²) < 4.78 is 41.3. The van der Waals surface area contributed by atoms with E-state index in [1.807, 2.05) is 17.8 Å². The standard InChI is InChI=1S/C17H22N4O4S.ClH/c1-20-7-6-19-17(20)14-12-18-5-8-21(14)26(22,23)13-3-4-15-16(11-13)25-10-2-9-24-15;/h3-4,6-7,11,14,18H,2,5,8-10,12H2,1H3;1H. The second-order valence-corrected chi connectivity index (χ2v) is 8.28. The third-order valence-corrected chi connectivity index (χ3v) is 6.58. The van der Waals surface area contributed by atoms with E-state index >= 15 is 0 Å². The maximum atomic E-state index is 13.3. The second-order valence-electron chi connectivity index (χ2n) is 6.39. The molecule has 10 heteroatoms. The average molecular weight is 415 g/mol. The van der Waals surface area contributed by atoms with Crippen molar-refractivity contribution in [2.24, 2.45) is 7.05 Å². The minimum Gasteiger partial charge on any atom is -0.490 e. The third-order valence-electron chi connectivity index (χ3n) is 4.68. The summed E-state index contributed by atoms with van der Waals surface area (Å²) in [7, 11) is -1.82. The van der Waals surface area contributed by atoms with Crippen LogP contribution >= 0.6 is 12.4 Å². The maximum Gasteiger partial charge on any atom is 0.243 e. The highest BCUT2D eigenvalue weighted by Gasteiger charge is 2.36. The molecular weight excluding hydrogens is 392 g/mol. The van der Waals surface area contributed by atoms with E-state index in [0.29, 0.717) is 44.3 Å². The van der Waals surface area contributed by atoms with Crippen LogP contribution in [0.1, 0.15) is 18.3 Å². The molecule has 1 N–H and O–H groups in total. The SMILES string of the molecule is Cl.Cn1ccnc1C1CNCCN1S(=O)(=O)c1ccc2c(c1)OCCCO2. The van der Waals surface area contributed by atoms with Crippen molar-refractivity contribution in [2.75, 3.05) is 32.8 Å². The number of fused-ring (bicyclic) bond motifs is 1. The highest BCUT2D eigenvalue weighted by molar-refractivity contribution is 7.89. The van der Waals surface area contributed by atoms with E-state index in [1.54, 1.807) is 24.4 Å². The van der Waals surface area contributed by atoms with Crippen LogP contribution in [0.5, 0.6) is 11.5 Å². The van der Waals surface area contributed by atoms with Crippen LogP contribution < -0.4 is 14.8 Å². The van der Waals surface area contributed by atoms with Gasteiger partial charge in [0, 0.05) is 51.6 Å². The number of imidazole rings is 1. The van der Waals surface area contributed by atoms with Crippen molar-refractivity contribution in [2.45, 2.75) is 17.4 Å². The average Bonchev–Trinajstić information content (AvgIpc) is 2.93. The van der Waals surface area contributed by atoms with Gasteiger partial charge in [0.1, 0.15) is 5.82 Å². The highest BCUT2D eigenvalue weighted by Crippen LogP contribution is 2.35. The Balaban J connectivity index is 0.00000210. The van der Waals surface area contributed by atoms with Gasteiger partial charge in [0.2, 0.25) is 10.0 Å². The molecule has 0 aliphatic carbocycles. The Morgan fingerprint density at radius 2 is 2.00 bits per heavy atom. The molecule has 1 aromatic carbocycles. The molecule has 27 heavy (non-hydrogen) atoms.